The summed E-state index contributed by atoms with van der Waals surface area (Å²) in [6.07, 6.45) is 3.47. The van der Waals surface area contributed by atoms with E-state index in [1.165, 1.54) is 10.8 Å². The molecule has 0 unspecified atom stereocenters. The van der Waals surface area contributed by atoms with Crippen LogP contribution in [0.2, 0.25) is 0 Å². The normalized spacial score (nSPS) is 11.2. The van der Waals surface area contributed by atoms with Gasteiger partial charge in [-0.25, -0.2) is 15.0 Å². The van der Waals surface area contributed by atoms with E-state index in [0.29, 0.717) is 28.9 Å². The molecule has 6 nitrogen and oxygen atoms in total. The van der Waals surface area contributed by atoms with Crippen LogP contribution in [-0.2, 0) is 0 Å². The standard InChI is InChI=1S/C31H20N6/c1-2-11-25-23(10-1)24-15-14-21(19-28(24)34-25)20-8-7-9-22(18-20)29-35-30(26-12-3-5-16-32-26)37-31(36-29)27-13-4-6-17-33-27/h1-19,34H. The summed E-state index contributed by atoms with van der Waals surface area (Å²) in [6.45, 7) is 0. The molecule has 0 radical (unpaired) electrons. The Morgan fingerprint density at radius 1 is 0.432 bits per heavy atom. The summed E-state index contributed by atoms with van der Waals surface area (Å²) < 4.78 is 0. The minimum absolute atomic E-state index is 0.510. The van der Waals surface area contributed by atoms with Gasteiger partial charge in [-0.3, -0.25) is 9.97 Å². The molecule has 174 valence electrons. The number of hydrogen-bond acceptors (Lipinski definition) is 5. The molecule has 0 aliphatic rings. The van der Waals surface area contributed by atoms with Crippen molar-refractivity contribution in [2.75, 3.05) is 0 Å². The fourth-order valence-electron chi connectivity index (χ4n) is 4.60. The second kappa shape index (κ2) is 8.77. The Bertz CT molecular complexity index is 1820. The Balaban J connectivity index is 1.35. The van der Waals surface area contributed by atoms with Crippen molar-refractivity contribution in [3.63, 3.8) is 0 Å². The summed E-state index contributed by atoms with van der Waals surface area (Å²) in [5, 5.41) is 2.44. The molecule has 37 heavy (non-hydrogen) atoms. The third-order valence-electron chi connectivity index (χ3n) is 6.38. The van der Waals surface area contributed by atoms with E-state index < -0.39 is 0 Å². The Morgan fingerprint density at radius 3 is 1.78 bits per heavy atom. The molecule has 3 aromatic carbocycles. The van der Waals surface area contributed by atoms with Gasteiger partial charge in [0, 0.05) is 39.8 Å². The van der Waals surface area contributed by atoms with E-state index in [9.17, 15) is 0 Å². The number of nitrogens with zero attached hydrogens (tertiary/aromatic N) is 5. The van der Waals surface area contributed by atoms with Crippen LogP contribution in [-0.4, -0.2) is 29.9 Å². The van der Waals surface area contributed by atoms with Gasteiger partial charge in [-0.05, 0) is 53.6 Å². The molecule has 0 aliphatic heterocycles. The Labute approximate surface area is 212 Å². The van der Waals surface area contributed by atoms with Crippen LogP contribution < -0.4 is 0 Å². The molecule has 0 saturated heterocycles. The highest BCUT2D eigenvalue weighted by molar-refractivity contribution is 6.08. The molecule has 4 heterocycles. The van der Waals surface area contributed by atoms with Gasteiger partial charge in [-0.15, -0.1) is 0 Å². The first-order chi connectivity index (χ1) is 18.3. The highest BCUT2D eigenvalue weighted by Crippen LogP contribution is 2.31. The zero-order chi connectivity index (χ0) is 24.6. The molecule has 7 rings (SSSR count). The minimum Gasteiger partial charge on any atom is -0.354 e. The van der Waals surface area contributed by atoms with Crippen LogP contribution in [0, 0.1) is 0 Å². The number of pyridine rings is 2. The maximum atomic E-state index is 4.79. The number of fused-ring (bicyclic) bond motifs is 3. The van der Waals surface area contributed by atoms with Gasteiger partial charge < -0.3 is 4.98 Å². The summed E-state index contributed by atoms with van der Waals surface area (Å²) >= 11 is 0. The Kier molecular flexibility index (Phi) is 5.00. The molecule has 0 amide bonds. The van der Waals surface area contributed by atoms with Crippen LogP contribution in [0.4, 0.5) is 0 Å². The molecular weight excluding hydrogens is 456 g/mol. The molecular formula is C31H20N6. The second-order valence-corrected chi connectivity index (χ2v) is 8.75. The zero-order valence-corrected chi connectivity index (χ0v) is 19.7. The zero-order valence-electron chi connectivity index (χ0n) is 19.7. The van der Waals surface area contributed by atoms with Gasteiger partial charge in [0.1, 0.15) is 11.4 Å². The van der Waals surface area contributed by atoms with Crippen molar-refractivity contribution >= 4 is 21.8 Å². The molecule has 0 atom stereocenters. The third kappa shape index (κ3) is 3.90. The lowest BCUT2D eigenvalue weighted by atomic mass is 10.0. The van der Waals surface area contributed by atoms with Gasteiger partial charge >= 0.3 is 0 Å². The predicted molar refractivity (Wildman–Crippen MR) is 147 cm³/mol. The Hall–Kier alpha value is -5.23. The van der Waals surface area contributed by atoms with Crippen molar-refractivity contribution in [1.29, 1.82) is 0 Å². The third-order valence-corrected chi connectivity index (χ3v) is 6.38. The van der Waals surface area contributed by atoms with Crippen molar-refractivity contribution in [3.8, 4) is 45.6 Å². The molecule has 6 heteroatoms. The Morgan fingerprint density at radius 2 is 1.05 bits per heavy atom. The van der Waals surface area contributed by atoms with Crippen LogP contribution in [0.3, 0.4) is 0 Å². The summed E-state index contributed by atoms with van der Waals surface area (Å²) in [5.74, 6) is 1.59. The fourth-order valence-corrected chi connectivity index (χ4v) is 4.60. The lowest BCUT2D eigenvalue weighted by Gasteiger charge is -2.09. The topological polar surface area (TPSA) is 80.2 Å². The van der Waals surface area contributed by atoms with Crippen molar-refractivity contribution in [1.82, 2.24) is 29.9 Å². The SMILES string of the molecule is c1ccc(-c2nc(-c3cccc(-c4ccc5c(c4)[nH]c4ccccc45)c3)nc(-c3ccccn3)n2)nc1. The van der Waals surface area contributed by atoms with Crippen molar-refractivity contribution < 1.29 is 0 Å². The van der Waals surface area contributed by atoms with E-state index in [-0.39, 0.29) is 0 Å². The maximum Gasteiger partial charge on any atom is 0.182 e. The second-order valence-electron chi connectivity index (χ2n) is 8.75. The number of para-hydroxylation sites is 1. The molecule has 0 spiro atoms. The fraction of sp³-hybridized carbons (Fsp3) is 0. The van der Waals surface area contributed by atoms with Crippen molar-refractivity contribution in [2.45, 2.75) is 0 Å². The smallest absolute Gasteiger partial charge is 0.182 e. The van der Waals surface area contributed by atoms with Crippen molar-refractivity contribution in [2.24, 2.45) is 0 Å². The molecule has 0 aliphatic carbocycles. The molecule has 0 saturated carbocycles. The molecule has 0 fully saturated rings. The number of aromatic nitrogens is 6. The quantitative estimate of drug-likeness (QED) is 0.297. The number of rotatable bonds is 4. The van der Waals surface area contributed by atoms with Gasteiger partial charge in [0.25, 0.3) is 0 Å². The average Bonchev–Trinajstić information content (AvgIpc) is 3.36. The van der Waals surface area contributed by atoms with E-state index in [2.05, 4.69) is 74.5 Å². The highest BCUT2D eigenvalue weighted by atomic mass is 15.1. The van der Waals surface area contributed by atoms with Gasteiger partial charge in [0.15, 0.2) is 17.5 Å². The van der Waals surface area contributed by atoms with E-state index in [1.54, 1.807) is 12.4 Å². The van der Waals surface area contributed by atoms with Gasteiger partial charge in [-0.2, -0.15) is 0 Å². The van der Waals surface area contributed by atoms with Crippen LogP contribution in [0.5, 0.6) is 0 Å². The lowest BCUT2D eigenvalue weighted by Crippen LogP contribution is -2.01. The van der Waals surface area contributed by atoms with Crippen LogP contribution in [0.15, 0.2) is 116 Å². The highest BCUT2D eigenvalue weighted by Gasteiger charge is 2.14. The lowest BCUT2D eigenvalue weighted by molar-refractivity contribution is 1.05. The minimum atomic E-state index is 0.510. The van der Waals surface area contributed by atoms with Crippen LogP contribution in [0.1, 0.15) is 0 Å². The van der Waals surface area contributed by atoms with Crippen LogP contribution in [0.25, 0.3) is 67.4 Å². The first-order valence-electron chi connectivity index (χ1n) is 12.0. The van der Waals surface area contributed by atoms with Gasteiger partial charge in [-0.1, -0.05) is 60.7 Å². The number of hydrogen-bond donors (Lipinski definition) is 1. The molecule has 0 bridgehead atoms. The number of H-pyrrole nitrogens is 1. The summed E-state index contributed by atoms with van der Waals surface area (Å²) in [6, 6.07) is 34.6. The summed E-state index contributed by atoms with van der Waals surface area (Å²) in [5.41, 5.74) is 6.71. The van der Waals surface area contributed by atoms with E-state index in [4.69, 9.17) is 9.97 Å². The van der Waals surface area contributed by atoms with Crippen molar-refractivity contribution in [3.05, 3.63) is 116 Å². The van der Waals surface area contributed by atoms with E-state index >= 15 is 0 Å². The molecule has 7 aromatic rings. The first kappa shape index (κ1) is 21.1. The summed E-state index contributed by atoms with van der Waals surface area (Å²) in [7, 11) is 0. The monoisotopic (exact) mass is 476 g/mol. The predicted octanol–water partition coefficient (Wildman–Crippen LogP) is 6.96. The summed E-state index contributed by atoms with van der Waals surface area (Å²) in [4.78, 5) is 26.7. The number of aromatic amines is 1. The number of nitrogens with one attached hydrogen (secondary N) is 1. The largest absolute Gasteiger partial charge is 0.354 e. The number of benzene rings is 3. The van der Waals surface area contributed by atoms with E-state index in [1.807, 2.05) is 48.5 Å². The van der Waals surface area contributed by atoms with Gasteiger partial charge in [0.2, 0.25) is 0 Å². The molecule has 1 N–H and O–H groups in total. The van der Waals surface area contributed by atoms with Gasteiger partial charge in [0.05, 0.1) is 0 Å². The molecule has 4 aromatic heterocycles. The maximum absolute atomic E-state index is 4.79. The van der Waals surface area contributed by atoms with E-state index in [0.717, 1.165) is 27.7 Å². The average molecular weight is 477 g/mol. The first-order valence-corrected chi connectivity index (χ1v) is 12.0. The van der Waals surface area contributed by atoms with Crippen LogP contribution >= 0.6 is 0 Å².